The molecule has 3 aromatic rings. The Balaban J connectivity index is 0.982. The third-order valence-electron chi connectivity index (χ3n) is 7.56. The van der Waals surface area contributed by atoms with Gasteiger partial charge in [0.15, 0.2) is 18.5 Å². The molecule has 3 aliphatic rings. The molecule has 3 fully saturated rings. The molecule has 0 bridgehead atoms. The van der Waals surface area contributed by atoms with E-state index in [1.54, 1.807) is 36.4 Å². The molecular weight excluding hydrogens is 556 g/mol. The van der Waals surface area contributed by atoms with E-state index in [0.29, 0.717) is 23.5 Å². The van der Waals surface area contributed by atoms with Crippen LogP contribution in [0.3, 0.4) is 0 Å². The van der Waals surface area contributed by atoms with Gasteiger partial charge in [-0.2, -0.15) is 0 Å². The molecule has 10 heteroatoms. The average molecular weight is 589 g/mol. The van der Waals surface area contributed by atoms with E-state index in [4.69, 9.17) is 33.2 Å². The molecule has 3 aliphatic heterocycles. The molecule has 0 saturated carbocycles. The molecule has 3 saturated heterocycles. The van der Waals surface area contributed by atoms with Crippen molar-refractivity contribution in [1.82, 2.24) is 0 Å². The Morgan fingerprint density at radius 3 is 1.67 bits per heavy atom. The molecule has 1 unspecified atom stereocenters. The van der Waals surface area contributed by atoms with Gasteiger partial charge in [0.1, 0.15) is 23.7 Å². The van der Waals surface area contributed by atoms with Crippen LogP contribution in [0.2, 0.25) is 0 Å². The van der Waals surface area contributed by atoms with Crippen molar-refractivity contribution in [1.29, 1.82) is 0 Å². The summed E-state index contributed by atoms with van der Waals surface area (Å²) >= 11 is 0. The molecule has 0 aliphatic carbocycles. The number of carbonyl (C=O) groups is 3. The molecule has 0 N–H and O–H groups in total. The van der Waals surface area contributed by atoms with Gasteiger partial charge in [-0.1, -0.05) is 17.7 Å². The molecule has 10 nitrogen and oxygen atoms in total. The number of ether oxygens (including phenoxy) is 7. The highest BCUT2D eigenvalue weighted by Crippen LogP contribution is 2.32. The van der Waals surface area contributed by atoms with Crippen molar-refractivity contribution < 1.29 is 47.5 Å². The van der Waals surface area contributed by atoms with Crippen molar-refractivity contribution in [3.05, 3.63) is 95.1 Å². The summed E-state index contributed by atoms with van der Waals surface area (Å²) in [6.45, 7) is 2.88. The molecule has 0 aromatic heterocycles. The number of rotatable bonds is 8. The van der Waals surface area contributed by atoms with Gasteiger partial charge in [-0.15, -0.1) is 0 Å². The Morgan fingerprint density at radius 1 is 0.628 bits per heavy atom. The molecule has 3 heterocycles. The third-order valence-corrected chi connectivity index (χ3v) is 7.56. The zero-order valence-electron chi connectivity index (χ0n) is 23.6. The van der Waals surface area contributed by atoms with Crippen molar-refractivity contribution in [2.24, 2.45) is 0 Å². The molecular formula is C33H32O10. The molecule has 43 heavy (non-hydrogen) atoms. The second-order valence-corrected chi connectivity index (χ2v) is 10.7. The van der Waals surface area contributed by atoms with Gasteiger partial charge in [0.05, 0.1) is 36.5 Å². The number of hydrogen-bond acceptors (Lipinski definition) is 10. The van der Waals surface area contributed by atoms with Gasteiger partial charge in [-0.3, -0.25) is 0 Å². The lowest BCUT2D eigenvalue weighted by Crippen LogP contribution is -2.36. The monoisotopic (exact) mass is 588 g/mol. The zero-order valence-corrected chi connectivity index (χ0v) is 23.6. The summed E-state index contributed by atoms with van der Waals surface area (Å²) in [4.78, 5) is 38.0. The summed E-state index contributed by atoms with van der Waals surface area (Å²) in [5.74, 6) is -0.685. The van der Waals surface area contributed by atoms with E-state index in [2.05, 4.69) is 0 Å². The quantitative estimate of drug-likeness (QED) is 0.272. The minimum absolute atomic E-state index is 0.118. The summed E-state index contributed by atoms with van der Waals surface area (Å²) in [7, 11) is 0. The molecule has 0 spiro atoms. The second-order valence-electron chi connectivity index (χ2n) is 10.7. The molecule has 0 amide bonds. The first kappa shape index (κ1) is 28.9. The summed E-state index contributed by atoms with van der Waals surface area (Å²) < 4.78 is 39.7. The fraction of sp³-hybridized carbons (Fsp3) is 0.364. The van der Waals surface area contributed by atoms with Crippen LogP contribution in [0.5, 0.6) is 11.5 Å². The van der Waals surface area contributed by atoms with E-state index in [0.717, 1.165) is 24.8 Å². The molecule has 3 aromatic carbocycles. The zero-order chi connectivity index (χ0) is 29.8. The van der Waals surface area contributed by atoms with Crippen molar-refractivity contribution in [3.8, 4) is 11.5 Å². The summed E-state index contributed by atoms with van der Waals surface area (Å²) in [6.07, 6.45) is 0.320. The van der Waals surface area contributed by atoms with Crippen LogP contribution in [0.1, 0.15) is 55.9 Å². The standard InChI is InChI=1S/C33H32O10/c1-20-5-7-21(8-6-20)32(35)42-26-18-38-30-27(19-39-29(26)30)43-33(36)23-11-15-25(16-12-23)41-31(34)22-9-13-24(14-10-22)40-28-4-2-3-17-37-28/h5-16,26-30H,2-4,17-19H2,1H3/t26-,27-,28?,29-,30-/m1/s1. The number of aryl methyl sites for hydroxylation is 1. The highest BCUT2D eigenvalue weighted by atomic mass is 16.7. The lowest BCUT2D eigenvalue weighted by atomic mass is 10.1. The first-order chi connectivity index (χ1) is 20.9. The predicted molar refractivity (Wildman–Crippen MR) is 151 cm³/mol. The van der Waals surface area contributed by atoms with Gasteiger partial charge < -0.3 is 33.2 Å². The van der Waals surface area contributed by atoms with Gasteiger partial charge in [-0.05, 0) is 80.4 Å². The molecule has 0 radical (unpaired) electrons. The van der Waals surface area contributed by atoms with Gasteiger partial charge in [-0.25, -0.2) is 14.4 Å². The van der Waals surface area contributed by atoms with Crippen molar-refractivity contribution in [2.45, 2.75) is 56.9 Å². The van der Waals surface area contributed by atoms with Crippen molar-refractivity contribution >= 4 is 17.9 Å². The van der Waals surface area contributed by atoms with Crippen LogP contribution >= 0.6 is 0 Å². The number of benzene rings is 3. The highest BCUT2D eigenvalue weighted by Gasteiger charge is 2.51. The highest BCUT2D eigenvalue weighted by molar-refractivity contribution is 5.92. The normalized spacial score (nSPS) is 24.5. The van der Waals surface area contributed by atoms with E-state index < -0.39 is 42.3 Å². The minimum atomic E-state index is -0.658. The maximum atomic E-state index is 12.8. The van der Waals surface area contributed by atoms with Gasteiger partial charge in [0.25, 0.3) is 0 Å². The lowest BCUT2D eigenvalue weighted by molar-refractivity contribution is -0.105. The molecule has 224 valence electrons. The Kier molecular flexibility index (Phi) is 8.69. The van der Waals surface area contributed by atoms with Crippen LogP contribution in [-0.2, 0) is 23.7 Å². The largest absolute Gasteiger partial charge is 0.465 e. The smallest absolute Gasteiger partial charge is 0.343 e. The number of hydrogen-bond donors (Lipinski definition) is 0. The maximum absolute atomic E-state index is 12.8. The van der Waals surface area contributed by atoms with E-state index in [-0.39, 0.29) is 30.8 Å². The first-order valence-electron chi connectivity index (χ1n) is 14.4. The molecule has 5 atom stereocenters. The Morgan fingerprint density at radius 2 is 1.14 bits per heavy atom. The van der Waals surface area contributed by atoms with E-state index in [1.807, 2.05) is 19.1 Å². The fourth-order valence-electron chi connectivity index (χ4n) is 5.18. The third kappa shape index (κ3) is 6.88. The second kappa shape index (κ2) is 12.9. The number of fused-ring (bicyclic) bond motifs is 1. The Hall–Kier alpha value is -4.25. The summed E-state index contributed by atoms with van der Waals surface area (Å²) in [6, 6.07) is 19.8. The van der Waals surface area contributed by atoms with E-state index in [9.17, 15) is 14.4 Å². The minimum Gasteiger partial charge on any atom is -0.465 e. The number of carbonyl (C=O) groups excluding carboxylic acids is 3. The summed E-state index contributed by atoms with van der Waals surface area (Å²) in [5.41, 5.74) is 2.11. The number of esters is 3. The van der Waals surface area contributed by atoms with Crippen LogP contribution < -0.4 is 9.47 Å². The SMILES string of the molecule is Cc1ccc(C(=O)O[C@@H]2CO[C@H]3[C@@H]2OC[C@H]3OC(=O)c2ccc(OC(=O)c3ccc(OC4CCCCO4)cc3)cc2)cc1. The van der Waals surface area contributed by atoms with Crippen LogP contribution in [0.4, 0.5) is 0 Å². The maximum Gasteiger partial charge on any atom is 0.343 e. The lowest BCUT2D eigenvalue weighted by Gasteiger charge is -2.23. The predicted octanol–water partition coefficient (Wildman–Crippen LogP) is 4.67. The van der Waals surface area contributed by atoms with Crippen LogP contribution in [-0.4, -0.2) is 68.4 Å². The van der Waals surface area contributed by atoms with Gasteiger partial charge >= 0.3 is 17.9 Å². The van der Waals surface area contributed by atoms with E-state index in [1.165, 1.54) is 24.3 Å². The first-order valence-corrected chi connectivity index (χ1v) is 14.4. The Labute approximate surface area is 248 Å². The topological polar surface area (TPSA) is 116 Å². The van der Waals surface area contributed by atoms with E-state index >= 15 is 0 Å². The summed E-state index contributed by atoms with van der Waals surface area (Å²) in [5, 5.41) is 0. The van der Waals surface area contributed by atoms with Crippen LogP contribution in [0.15, 0.2) is 72.8 Å². The van der Waals surface area contributed by atoms with Crippen molar-refractivity contribution in [3.63, 3.8) is 0 Å². The van der Waals surface area contributed by atoms with Crippen LogP contribution in [0, 0.1) is 6.92 Å². The van der Waals surface area contributed by atoms with Gasteiger partial charge in [0.2, 0.25) is 0 Å². The van der Waals surface area contributed by atoms with Crippen molar-refractivity contribution in [2.75, 3.05) is 19.8 Å². The molecule has 6 rings (SSSR count). The fourth-order valence-corrected chi connectivity index (χ4v) is 5.18. The Bertz CT molecular complexity index is 1430. The average Bonchev–Trinajstić information content (AvgIpc) is 3.61. The van der Waals surface area contributed by atoms with Crippen LogP contribution in [0.25, 0.3) is 0 Å². The van der Waals surface area contributed by atoms with Gasteiger partial charge in [0, 0.05) is 6.42 Å².